The predicted molar refractivity (Wildman–Crippen MR) is 100 cm³/mol. The van der Waals surface area contributed by atoms with Crippen LogP contribution >= 0.6 is 11.8 Å². The van der Waals surface area contributed by atoms with Crippen LogP contribution < -0.4 is 10.6 Å². The van der Waals surface area contributed by atoms with Crippen LogP contribution in [0.5, 0.6) is 0 Å². The molecule has 1 aliphatic heterocycles. The van der Waals surface area contributed by atoms with Crippen LogP contribution in [-0.2, 0) is 21.4 Å². The number of hydrogen-bond acceptors (Lipinski definition) is 5. The van der Waals surface area contributed by atoms with Crippen molar-refractivity contribution in [1.29, 1.82) is 0 Å². The number of sulfonamides is 1. The first-order valence-electron chi connectivity index (χ1n) is 7.60. The zero-order valence-electron chi connectivity index (χ0n) is 13.5. The third-order valence-corrected chi connectivity index (χ3v) is 5.88. The van der Waals surface area contributed by atoms with Gasteiger partial charge in [-0.05, 0) is 24.6 Å². The molecule has 2 N–H and O–H groups in total. The maximum atomic E-state index is 12.1. The molecule has 0 radical (unpaired) electrons. The van der Waals surface area contributed by atoms with Crippen molar-refractivity contribution in [3.05, 3.63) is 59.7 Å². The fraction of sp³-hybridized carbons (Fsp3) is 0.176. The molecule has 0 fully saturated rings. The van der Waals surface area contributed by atoms with E-state index in [1.807, 2.05) is 31.2 Å². The van der Waals surface area contributed by atoms with Gasteiger partial charge in [0.1, 0.15) is 4.90 Å². The normalized spacial score (nSPS) is 14.8. The lowest BCUT2D eigenvalue weighted by molar-refractivity contribution is -0.118. The maximum absolute atomic E-state index is 12.1. The Hall–Kier alpha value is -2.32. The summed E-state index contributed by atoms with van der Waals surface area (Å²) in [5.74, 6) is -0.110. The smallest absolute Gasteiger partial charge is 0.286 e. The number of anilines is 1. The summed E-state index contributed by atoms with van der Waals surface area (Å²) in [6.07, 6.45) is 0. The summed E-state index contributed by atoms with van der Waals surface area (Å²) >= 11 is 1.06. The lowest BCUT2D eigenvalue weighted by atomic mass is 10.1. The summed E-state index contributed by atoms with van der Waals surface area (Å²) in [6.45, 7) is 2.43. The summed E-state index contributed by atoms with van der Waals surface area (Å²) in [4.78, 5) is 12.1. The Morgan fingerprint density at radius 2 is 1.88 bits per heavy atom. The molecule has 2 aromatic carbocycles. The second-order valence-corrected chi connectivity index (χ2v) is 8.08. The number of fused-ring (bicyclic) bond motifs is 1. The van der Waals surface area contributed by atoms with E-state index in [0.29, 0.717) is 12.2 Å². The molecule has 2 aromatic rings. The minimum Gasteiger partial charge on any atom is -0.351 e. The topological polar surface area (TPSA) is 87.6 Å². The predicted octanol–water partition coefficient (Wildman–Crippen LogP) is 2.51. The Balaban J connectivity index is 1.56. The summed E-state index contributed by atoms with van der Waals surface area (Å²) < 4.78 is 28.0. The number of amidine groups is 1. The molecule has 0 unspecified atom stereocenters. The first kappa shape index (κ1) is 17.5. The van der Waals surface area contributed by atoms with Gasteiger partial charge in [-0.15, -0.1) is 4.40 Å². The fourth-order valence-electron chi connectivity index (χ4n) is 2.25. The van der Waals surface area contributed by atoms with Gasteiger partial charge in [0.05, 0.1) is 11.4 Å². The van der Waals surface area contributed by atoms with E-state index in [4.69, 9.17) is 0 Å². The number of para-hydroxylation sites is 1. The van der Waals surface area contributed by atoms with Gasteiger partial charge in [0.15, 0.2) is 5.17 Å². The van der Waals surface area contributed by atoms with Gasteiger partial charge >= 0.3 is 0 Å². The molecule has 3 rings (SSSR count). The number of nitrogens with zero attached hydrogens (tertiary/aromatic N) is 1. The van der Waals surface area contributed by atoms with E-state index >= 15 is 0 Å². The highest BCUT2D eigenvalue weighted by atomic mass is 32.2. The largest absolute Gasteiger partial charge is 0.351 e. The molecule has 0 bridgehead atoms. The van der Waals surface area contributed by atoms with E-state index in [-0.39, 0.29) is 21.7 Å². The molecule has 0 aromatic heterocycles. The zero-order valence-corrected chi connectivity index (χ0v) is 15.2. The van der Waals surface area contributed by atoms with Crippen molar-refractivity contribution in [2.75, 3.05) is 11.1 Å². The second-order valence-electron chi connectivity index (χ2n) is 5.54. The number of carbonyl (C=O) groups excluding carboxylic acids is 1. The molecule has 0 saturated carbocycles. The molecule has 1 heterocycles. The molecule has 0 aliphatic carbocycles. The monoisotopic (exact) mass is 375 g/mol. The van der Waals surface area contributed by atoms with Crippen LogP contribution in [0.15, 0.2) is 57.8 Å². The average molecular weight is 375 g/mol. The van der Waals surface area contributed by atoms with Gasteiger partial charge in [-0.1, -0.05) is 53.7 Å². The third-order valence-electron chi connectivity index (χ3n) is 3.56. The quantitative estimate of drug-likeness (QED) is 0.857. The SMILES string of the molecule is Cc1ccc(CNC(=O)CSC2=NS(=O)(=O)c3ccccc3N2)cc1. The minimum atomic E-state index is -3.73. The van der Waals surface area contributed by atoms with E-state index in [1.165, 1.54) is 6.07 Å². The van der Waals surface area contributed by atoms with E-state index in [1.54, 1.807) is 18.2 Å². The molecule has 1 amide bonds. The first-order chi connectivity index (χ1) is 11.9. The Labute approximate surface area is 150 Å². The highest BCUT2D eigenvalue weighted by Gasteiger charge is 2.24. The molecule has 0 atom stereocenters. The van der Waals surface area contributed by atoms with E-state index in [0.717, 1.165) is 22.9 Å². The highest BCUT2D eigenvalue weighted by molar-refractivity contribution is 8.15. The van der Waals surface area contributed by atoms with Crippen LogP contribution in [0.4, 0.5) is 5.69 Å². The molecule has 6 nitrogen and oxygen atoms in total. The summed E-state index contributed by atoms with van der Waals surface area (Å²) in [7, 11) is -3.73. The van der Waals surface area contributed by atoms with Crippen molar-refractivity contribution in [2.24, 2.45) is 4.40 Å². The number of carbonyl (C=O) groups is 1. The summed E-state index contributed by atoms with van der Waals surface area (Å²) in [5, 5.41) is 5.95. The van der Waals surface area contributed by atoms with Gasteiger partial charge in [-0.2, -0.15) is 8.42 Å². The van der Waals surface area contributed by atoms with Crippen LogP contribution in [0.1, 0.15) is 11.1 Å². The van der Waals surface area contributed by atoms with Gasteiger partial charge in [0.2, 0.25) is 5.91 Å². The van der Waals surface area contributed by atoms with Crippen molar-refractivity contribution >= 4 is 38.5 Å². The average Bonchev–Trinajstić information content (AvgIpc) is 2.59. The minimum absolute atomic E-state index is 0.0788. The molecule has 130 valence electrons. The van der Waals surface area contributed by atoms with Crippen molar-refractivity contribution in [1.82, 2.24) is 5.32 Å². The third kappa shape index (κ3) is 4.40. The number of nitrogens with one attached hydrogen (secondary N) is 2. The van der Waals surface area contributed by atoms with Crippen LogP contribution in [-0.4, -0.2) is 25.2 Å². The number of aryl methyl sites for hydroxylation is 1. The highest BCUT2D eigenvalue weighted by Crippen LogP contribution is 2.28. The maximum Gasteiger partial charge on any atom is 0.286 e. The Morgan fingerprint density at radius 3 is 2.64 bits per heavy atom. The number of hydrogen-bond donors (Lipinski definition) is 2. The van der Waals surface area contributed by atoms with E-state index in [2.05, 4.69) is 15.0 Å². The van der Waals surface area contributed by atoms with Crippen molar-refractivity contribution < 1.29 is 13.2 Å². The van der Waals surface area contributed by atoms with E-state index in [9.17, 15) is 13.2 Å². The first-order valence-corrected chi connectivity index (χ1v) is 10.0. The Kier molecular flexibility index (Phi) is 5.10. The van der Waals surface area contributed by atoms with Crippen molar-refractivity contribution in [2.45, 2.75) is 18.4 Å². The van der Waals surface area contributed by atoms with Crippen molar-refractivity contribution in [3.8, 4) is 0 Å². The van der Waals surface area contributed by atoms with E-state index < -0.39 is 10.0 Å². The number of amides is 1. The Bertz CT molecular complexity index is 922. The molecule has 1 aliphatic rings. The molecular weight excluding hydrogens is 358 g/mol. The Morgan fingerprint density at radius 1 is 1.16 bits per heavy atom. The lowest BCUT2D eigenvalue weighted by Crippen LogP contribution is -2.27. The number of rotatable bonds is 4. The molecular formula is C17H17N3O3S2. The standard InChI is InChI=1S/C17H17N3O3S2/c1-12-6-8-13(9-7-12)10-18-16(21)11-24-17-19-14-4-2-3-5-15(14)25(22,23)20-17/h2-9H,10-11H2,1H3,(H,18,21)(H,19,20). The number of benzene rings is 2. The van der Waals surface area contributed by atoms with Gasteiger partial charge in [0.25, 0.3) is 10.0 Å². The van der Waals surface area contributed by atoms with Crippen LogP contribution in [0.2, 0.25) is 0 Å². The second kappa shape index (κ2) is 7.28. The lowest BCUT2D eigenvalue weighted by Gasteiger charge is -2.17. The van der Waals surface area contributed by atoms with Gasteiger partial charge in [-0.25, -0.2) is 0 Å². The summed E-state index contributed by atoms with van der Waals surface area (Å²) in [6, 6.07) is 14.4. The van der Waals surface area contributed by atoms with Crippen molar-refractivity contribution in [3.63, 3.8) is 0 Å². The zero-order chi connectivity index (χ0) is 17.9. The van der Waals surface area contributed by atoms with Crippen LogP contribution in [0.25, 0.3) is 0 Å². The van der Waals surface area contributed by atoms with Gasteiger partial charge < -0.3 is 10.6 Å². The summed E-state index contributed by atoms with van der Waals surface area (Å²) in [5.41, 5.74) is 2.64. The van der Waals surface area contributed by atoms with Crippen LogP contribution in [0.3, 0.4) is 0 Å². The van der Waals surface area contributed by atoms with Gasteiger partial charge in [0, 0.05) is 6.54 Å². The molecule has 0 spiro atoms. The van der Waals surface area contributed by atoms with Crippen LogP contribution in [0, 0.1) is 6.92 Å². The fourth-order valence-corrected chi connectivity index (χ4v) is 4.31. The molecule has 8 heteroatoms. The number of thioether (sulfide) groups is 1. The molecule has 0 saturated heterocycles. The molecule has 25 heavy (non-hydrogen) atoms. The van der Waals surface area contributed by atoms with Gasteiger partial charge in [-0.3, -0.25) is 4.79 Å².